The van der Waals surface area contributed by atoms with Crippen LogP contribution in [0.15, 0.2) is 47.4 Å². The van der Waals surface area contributed by atoms with Gasteiger partial charge in [-0.1, -0.05) is 29.3 Å². The average Bonchev–Trinajstić information content (AvgIpc) is 3.01. The van der Waals surface area contributed by atoms with Crippen LogP contribution < -0.4 is 4.72 Å². The van der Waals surface area contributed by atoms with E-state index in [2.05, 4.69) is 25.3 Å². The van der Waals surface area contributed by atoms with Crippen molar-refractivity contribution in [3.63, 3.8) is 0 Å². The lowest BCUT2D eigenvalue weighted by Crippen LogP contribution is -2.13. The van der Waals surface area contributed by atoms with Crippen molar-refractivity contribution < 1.29 is 8.42 Å². The van der Waals surface area contributed by atoms with Crippen LogP contribution in [0.3, 0.4) is 0 Å². The molecule has 2 aromatic carbocycles. The van der Waals surface area contributed by atoms with Crippen molar-refractivity contribution in [2.45, 2.75) is 11.8 Å². The van der Waals surface area contributed by atoms with Gasteiger partial charge in [-0.3, -0.25) is 4.72 Å². The van der Waals surface area contributed by atoms with Gasteiger partial charge >= 0.3 is 0 Å². The Kier molecular flexibility index (Phi) is 4.01. The number of anilines is 1. The Balaban J connectivity index is 2.02. The largest absolute Gasteiger partial charge is 0.279 e. The average molecular weight is 350 g/mol. The number of benzene rings is 2. The summed E-state index contributed by atoms with van der Waals surface area (Å²) in [5.74, 6) is 0.267. The molecule has 0 bridgehead atoms. The number of aryl methyl sites for hydroxylation is 1. The summed E-state index contributed by atoms with van der Waals surface area (Å²) in [6.45, 7) is 1.88. The molecule has 0 aliphatic carbocycles. The molecule has 0 atom stereocenters. The van der Waals surface area contributed by atoms with Crippen LogP contribution in [0.25, 0.3) is 11.4 Å². The van der Waals surface area contributed by atoms with Crippen LogP contribution in [0.1, 0.15) is 5.56 Å². The molecule has 1 aromatic heterocycles. The topological polar surface area (TPSA) is 101 Å². The van der Waals surface area contributed by atoms with Gasteiger partial charge in [0.1, 0.15) is 0 Å². The zero-order valence-corrected chi connectivity index (χ0v) is 13.6. The van der Waals surface area contributed by atoms with Crippen LogP contribution in [0, 0.1) is 6.92 Å². The molecule has 2 N–H and O–H groups in total. The Morgan fingerprint density at radius 3 is 2.52 bits per heavy atom. The van der Waals surface area contributed by atoms with E-state index in [1.807, 2.05) is 6.92 Å². The fraction of sp³-hybridized carbons (Fsp3) is 0.0714. The van der Waals surface area contributed by atoms with Gasteiger partial charge in [0, 0.05) is 10.6 Å². The highest BCUT2D eigenvalue weighted by Crippen LogP contribution is 2.29. The summed E-state index contributed by atoms with van der Waals surface area (Å²) in [6.07, 6.45) is 0. The minimum Gasteiger partial charge on any atom is -0.279 e. The number of tetrazole rings is 1. The van der Waals surface area contributed by atoms with Crippen LogP contribution in [-0.4, -0.2) is 29.0 Å². The van der Waals surface area contributed by atoms with Gasteiger partial charge in [0.15, 0.2) is 0 Å². The normalized spacial score (nSPS) is 11.4. The Morgan fingerprint density at radius 1 is 1.13 bits per heavy atom. The summed E-state index contributed by atoms with van der Waals surface area (Å²) >= 11 is 5.97. The Labute approximate surface area is 137 Å². The molecular formula is C14H12ClN5O2S. The molecule has 0 spiro atoms. The molecule has 0 radical (unpaired) electrons. The fourth-order valence-electron chi connectivity index (χ4n) is 1.99. The number of hydrogen-bond acceptors (Lipinski definition) is 5. The number of halogens is 1. The number of H-pyrrole nitrogens is 1. The predicted octanol–water partition coefficient (Wildman–Crippen LogP) is 2.63. The summed E-state index contributed by atoms with van der Waals surface area (Å²) in [4.78, 5) is 0.155. The van der Waals surface area contributed by atoms with Crippen molar-refractivity contribution in [3.05, 3.63) is 53.1 Å². The van der Waals surface area contributed by atoms with Crippen LogP contribution in [-0.2, 0) is 10.0 Å². The lowest BCUT2D eigenvalue weighted by molar-refractivity contribution is 0.601. The molecule has 3 aromatic rings. The van der Waals surface area contributed by atoms with Crippen LogP contribution in [0.2, 0.25) is 5.02 Å². The molecule has 0 fully saturated rings. The van der Waals surface area contributed by atoms with Gasteiger partial charge in [-0.15, -0.1) is 10.2 Å². The van der Waals surface area contributed by atoms with E-state index in [1.165, 1.54) is 18.2 Å². The predicted molar refractivity (Wildman–Crippen MR) is 86.6 cm³/mol. The molecule has 0 amide bonds. The molecule has 7 nitrogen and oxygen atoms in total. The monoisotopic (exact) mass is 349 g/mol. The zero-order chi connectivity index (χ0) is 16.4. The summed E-state index contributed by atoms with van der Waals surface area (Å²) in [5, 5.41) is 13.9. The van der Waals surface area contributed by atoms with Crippen molar-refractivity contribution in [2.24, 2.45) is 0 Å². The van der Waals surface area contributed by atoms with Gasteiger partial charge in [0.25, 0.3) is 10.0 Å². The van der Waals surface area contributed by atoms with Crippen molar-refractivity contribution in [1.29, 1.82) is 0 Å². The van der Waals surface area contributed by atoms with Crippen molar-refractivity contribution >= 4 is 27.3 Å². The first-order chi connectivity index (χ1) is 11.0. The third kappa shape index (κ3) is 3.33. The van der Waals surface area contributed by atoms with E-state index in [0.717, 1.165) is 5.56 Å². The molecule has 0 aliphatic heterocycles. The molecule has 1 heterocycles. The van der Waals surface area contributed by atoms with E-state index in [-0.39, 0.29) is 16.4 Å². The molecule has 118 valence electrons. The van der Waals surface area contributed by atoms with Gasteiger partial charge in [0.2, 0.25) is 5.82 Å². The van der Waals surface area contributed by atoms with Crippen molar-refractivity contribution in [1.82, 2.24) is 20.6 Å². The van der Waals surface area contributed by atoms with Gasteiger partial charge in [-0.2, -0.15) is 5.21 Å². The summed E-state index contributed by atoms with van der Waals surface area (Å²) in [7, 11) is -3.76. The number of aromatic nitrogens is 4. The first-order valence-corrected chi connectivity index (χ1v) is 8.45. The van der Waals surface area contributed by atoms with Crippen LogP contribution >= 0.6 is 11.6 Å². The minimum atomic E-state index is -3.76. The van der Waals surface area contributed by atoms with Gasteiger partial charge in [-0.25, -0.2) is 8.42 Å². The summed E-state index contributed by atoms with van der Waals surface area (Å²) in [6, 6.07) is 11.3. The Bertz CT molecular complexity index is 924. The Hall–Kier alpha value is -2.45. The van der Waals surface area contributed by atoms with Crippen LogP contribution in [0.5, 0.6) is 0 Å². The fourth-order valence-corrected chi connectivity index (χ4v) is 3.24. The van der Waals surface area contributed by atoms with E-state index >= 15 is 0 Å². The second kappa shape index (κ2) is 5.98. The van der Waals surface area contributed by atoms with Crippen molar-refractivity contribution in [3.8, 4) is 11.4 Å². The van der Waals surface area contributed by atoms with Crippen molar-refractivity contribution in [2.75, 3.05) is 4.72 Å². The Morgan fingerprint density at radius 2 is 1.87 bits per heavy atom. The van der Waals surface area contributed by atoms with E-state index < -0.39 is 10.0 Å². The molecule has 0 saturated carbocycles. The lowest BCUT2D eigenvalue weighted by Gasteiger charge is -2.11. The minimum absolute atomic E-state index is 0.155. The maximum atomic E-state index is 12.5. The number of sulfonamides is 1. The number of nitrogens with one attached hydrogen (secondary N) is 2. The van der Waals surface area contributed by atoms with E-state index in [4.69, 9.17) is 11.6 Å². The summed E-state index contributed by atoms with van der Waals surface area (Å²) < 4.78 is 27.6. The summed E-state index contributed by atoms with van der Waals surface area (Å²) in [5.41, 5.74) is 1.72. The highest BCUT2D eigenvalue weighted by atomic mass is 35.5. The third-order valence-corrected chi connectivity index (χ3v) is 4.76. The second-order valence-corrected chi connectivity index (χ2v) is 6.96. The molecule has 0 saturated heterocycles. The number of aromatic amines is 1. The van der Waals surface area contributed by atoms with E-state index in [9.17, 15) is 8.42 Å². The maximum absolute atomic E-state index is 12.5. The third-order valence-electron chi connectivity index (χ3n) is 3.14. The van der Waals surface area contributed by atoms with Gasteiger partial charge < -0.3 is 0 Å². The first-order valence-electron chi connectivity index (χ1n) is 6.58. The highest BCUT2D eigenvalue weighted by Gasteiger charge is 2.18. The van der Waals surface area contributed by atoms with Gasteiger partial charge in [-0.05, 0) is 42.5 Å². The molecule has 23 heavy (non-hydrogen) atoms. The number of nitrogens with zero attached hydrogens (tertiary/aromatic N) is 3. The number of rotatable bonds is 4. The lowest BCUT2D eigenvalue weighted by atomic mass is 10.2. The standard InChI is InChI=1S/C14H12ClN5O2S/c1-9-2-5-11(6-3-9)23(21,22)18-13-8-10(15)4-7-12(13)14-16-19-20-17-14/h2-8,18H,1H3,(H,16,17,19,20). The smallest absolute Gasteiger partial charge is 0.261 e. The SMILES string of the molecule is Cc1ccc(S(=O)(=O)Nc2cc(Cl)ccc2-c2nn[nH]n2)cc1. The highest BCUT2D eigenvalue weighted by molar-refractivity contribution is 7.92. The van der Waals surface area contributed by atoms with Gasteiger partial charge in [0.05, 0.1) is 10.6 Å². The molecular weight excluding hydrogens is 338 g/mol. The van der Waals surface area contributed by atoms with E-state index in [0.29, 0.717) is 10.6 Å². The van der Waals surface area contributed by atoms with Crippen LogP contribution in [0.4, 0.5) is 5.69 Å². The zero-order valence-electron chi connectivity index (χ0n) is 12.0. The molecule has 0 aliphatic rings. The van der Waals surface area contributed by atoms with E-state index in [1.54, 1.807) is 24.3 Å². The molecule has 0 unspecified atom stereocenters. The molecule has 9 heteroatoms. The maximum Gasteiger partial charge on any atom is 0.261 e. The number of hydrogen-bond donors (Lipinski definition) is 2. The first kappa shape index (κ1) is 15.4. The quantitative estimate of drug-likeness (QED) is 0.754. The molecule has 3 rings (SSSR count). The second-order valence-electron chi connectivity index (χ2n) is 4.84.